The van der Waals surface area contributed by atoms with Gasteiger partial charge in [0, 0.05) is 0 Å². The van der Waals surface area contributed by atoms with E-state index in [-0.39, 0.29) is 6.42 Å². The summed E-state index contributed by atoms with van der Waals surface area (Å²) in [5, 5.41) is 8.20. The second-order valence-electron chi connectivity index (χ2n) is 1.94. The van der Waals surface area contributed by atoms with E-state index >= 15 is 0 Å². The molecule has 0 aliphatic carbocycles. The fourth-order valence-corrected chi connectivity index (χ4v) is 0.516. The Morgan fingerprint density at radius 2 is 2.10 bits per heavy atom. The minimum atomic E-state index is -0.783. The fraction of sp³-hybridized carbons (Fsp3) is 0.375. The van der Waals surface area contributed by atoms with Gasteiger partial charge < -0.3 is 5.11 Å². The molecule has 0 radical (unpaired) electrons. The molecule has 0 fully saturated rings. The van der Waals surface area contributed by atoms with Crippen LogP contribution in [0.3, 0.4) is 0 Å². The Morgan fingerprint density at radius 1 is 1.40 bits per heavy atom. The number of allylic oxidation sites excluding steroid dienone is 2. The Hall–Kier alpha value is -1.05. The monoisotopic (exact) mass is 140 g/mol. The molecule has 0 unspecified atom stereocenters. The predicted octanol–water partition coefficient (Wildman–Crippen LogP) is 1.98. The number of carbonyl (C=O) groups is 1. The van der Waals surface area contributed by atoms with Crippen molar-refractivity contribution >= 4 is 5.97 Å². The zero-order valence-electron chi connectivity index (χ0n) is 5.92. The van der Waals surface area contributed by atoms with Gasteiger partial charge in [-0.3, -0.25) is 4.79 Å². The van der Waals surface area contributed by atoms with Crippen molar-refractivity contribution in [2.75, 3.05) is 0 Å². The molecular weight excluding hydrogens is 128 g/mol. The number of rotatable bonds is 5. The lowest BCUT2D eigenvalue weighted by atomic mass is 10.2. The van der Waals surface area contributed by atoms with Crippen LogP contribution in [-0.2, 0) is 4.79 Å². The van der Waals surface area contributed by atoms with Crippen LogP contribution in [0, 0.1) is 0 Å². The summed E-state index contributed by atoms with van der Waals surface area (Å²) >= 11 is 0. The van der Waals surface area contributed by atoms with Gasteiger partial charge in [0.25, 0.3) is 0 Å². The van der Waals surface area contributed by atoms with Crippen LogP contribution in [0.4, 0.5) is 0 Å². The molecule has 0 saturated heterocycles. The zero-order valence-corrected chi connectivity index (χ0v) is 5.92. The highest BCUT2D eigenvalue weighted by atomic mass is 16.4. The van der Waals surface area contributed by atoms with E-state index in [9.17, 15) is 4.79 Å². The van der Waals surface area contributed by atoms with Crippen molar-refractivity contribution in [2.24, 2.45) is 0 Å². The van der Waals surface area contributed by atoms with E-state index < -0.39 is 5.97 Å². The van der Waals surface area contributed by atoms with Crippen LogP contribution in [0.15, 0.2) is 24.8 Å². The highest BCUT2D eigenvalue weighted by Gasteiger charge is 1.87. The average Bonchev–Trinajstić information content (AvgIpc) is 1.87. The van der Waals surface area contributed by atoms with Crippen LogP contribution < -0.4 is 0 Å². The number of carboxylic acids is 1. The van der Waals surface area contributed by atoms with Gasteiger partial charge in [-0.25, -0.2) is 0 Å². The molecule has 0 saturated carbocycles. The molecule has 10 heavy (non-hydrogen) atoms. The van der Waals surface area contributed by atoms with E-state index in [0.717, 1.165) is 12.8 Å². The first-order valence-corrected chi connectivity index (χ1v) is 3.25. The number of aliphatic carboxylic acids is 1. The highest BCUT2D eigenvalue weighted by molar-refractivity contribution is 5.68. The summed E-state index contributed by atoms with van der Waals surface area (Å²) in [6, 6.07) is 0. The van der Waals surface area contributed by atoms with Gasteiger partial charge in [0.2, 0.25) is 0 Å². The van der Waals surface area contributed by atoms with E-state index in [1.165, 1.54) is 0 Å². The Labute approximate surface area is 60.9 Å². The lowest BCUT2D eigenvalue weighted by Gasteiger charge is -1.84. The standard InChI is InChI=1S/C8H12O2/c1-2-3-4-5-6-7-8(9)10/h2,5-6H,1,3-4,7H2,(H,9,10). The second kappa shape index (κ2) is 6.08. The fourth-order valence-electron chi connectivity index (χ4n) is 0.516. The van der Waals surface area contributed by atoms with Crippen molar-refractivity contribution < 1.29 is 9.90 Å². The van der Waals surface area contributed by atoms with Gasteiger partial charge in [-0.15, -0.1) is 6.58 Å². The Balaban J connectivity index is 3.20. The second-order valence-corrected chi connectivity index (χ2v) is 1.94. The smallest absolute Gasteiger partial charge is 0.307 e. The summed E-state index contributed by atoms with van der Waals surface area (Å²) in [6.07, 6.45) is 7.25. The van der Waals surface area contributed by atoms with Crippen LogP contribution in [0.5, 0.6) is 0 Å². The van der Waals surface area contributed by atoms with Gasteiger partial charge in [-0.05, 0) is 12.8 Å². The normalized spacial score (nSPS) is 10.0. The van der Waals surface area contributed by atoms with Crippen LogP contribution in [0.25, 0.3) is 0 Å². The van der Waals surface area contributed by atoms with Gasteiger partial charge in [0.15, 0.2) is 0 Å². The molecule has 0 aliphatic rings. The molecule has 0 aliphatic heterocycles. The predicted molar refractivity (Wildman–Crippen MR) is 40.8 cm³/mol. The minimum Gasteiger partial charge on any atom is -0.481 e. The summed E-state index contributed by atoms with van der Waals surface area (Å²) in [6.45, 7) is 3.54. The van der Waals surface area contributed by atoms with Crippen molar-refractivity contribution in [1.82, 2.24) is 0 Å². The molecule has 2 nitrogen and oxygen atoms in total. The Morgan fingerprint density at radius 3 is 2.60 bits per heavy atom. The summed E-state index contributed by atoms with van der Waals surface area (Å²) in [5.41, 5.74) is 0. The summed E-state index contributed by atoms with van der Waals surface area (Å²) in [7, 11) is 0. The average molecular weight is 140 g/mol. The number of hydrogen-bond donors (Lipinski definition) is 1. The molecule has 2 heteroatoms. The zero-order chi connectivity index (χ0) is 7.82. The molecule has 0 heterocycles. The number of carboxylic acid groups (broad SMARTS) is 1. The lowest BCUT2D eigenvalue weighted by molar-refractivity contribution is -0.136. The molecule has 0 rings (SSSR count). The maximum absolute atomic E-state index is 9.96. The van der Waals surface area contributed by atoms with E-state index in [1.807, 2.05) is 12.2 Å². The van der Waals surface area contributed by atoms with Gasteiger partial charge in [0.1, 0.15) is 0 Å². The van der Waals surface area contributed by atoms with Crippen LogP contribution in [0.1, 0.15) is 19.3 Å². The van der Waals surface area contributed by atoms with Crippen LogP contribution in [-0.4, -0.2) is 11.1 Å². The molecule has 56 valence electrons. The largest absolute Gasteiger partial charge is 0.481 e. The molecule has 0 aromatic carbocycles. The summed E-state index contributed by atoms with van der Waals surface area (Å²) < 4.78 is 0. The molecule has 0 bridgehead atoms. The van der Waals surface area contributed by atoms with Crippen molar-refractivity contribution in [2.45, 2.75) is 19.3 Å². The summed E-state index contributed by atoms with van der Waals surface area (Å²) in [5.74, 6) is -0.783. The first-order chi connectivity index (χ1) is 4.77. The maximum Gasteiger partial charge on any atom is 0.307 e. The van der Waals surface area contributed by atoms with Crippen molar-refractivity contribution in [3.63, 3.8) is 0 Å². The number of unbranched alkanes of at least 4 members (excludes halogenated alkanes) is 1. The third kappa shape index (κ3) is 6.95. The molecule has 0 atom stereocenters. The summed E-state index contributed by atoms with van der Waals surface area (Å²) in [4.78, 5) is 9.96. The van der Waals surface area contributed by atoms with Gasteiger partial charge in [-0.1, -0.05) is 18.2 Å². The molecule has 0 aromatic rings. The van der Waals surface area contributed by atoms with Crippen LogP contribution in [0.2, 0.25) is 0 Å². The van der Waals surface area contributed by atoms with Gasteiger partial charge in [-0.2, -0.15) is 0 Å². The van der Waals surface area contributed by atoms with E-state index in [1.54, 1.807) is 6.08 Å². The Kier molecular flexibility index (Phi) is 5.44. The lowest BCUT2D eigenvalue weighted by Crippen LogP contribution is -1.89. The molecule has 0 spiro atoms. The third-order valence-corrected chi connectivity index (χ3v) is 0.997. The highest BCUT2D eigenvalue weighted by Crippen LogP contribution is 1.92. The topological polar surface area (TPSA) is 37.3 Å². The first kappa shape index (κ1) is 8.95. The Bertz CT molecular complexity index is 136. The van der Waals surface area contributed by atoms with E-state index in [0.29, 0.717) is 0 Å². The maximum atomic E-state index is 9.96. The van der Waals surface area contributed by atoms with E-state index in [2.05, 4.69) is 6.58 Å². The van der Waals surface area contributed by atoms with Crippen molar-refractivity contribution in [1.29, 1.82) is 0 Å². The quantitative estimate of drug-likeness (QED) is 0.468. The first-order valence-electron chi connectivity index (χ1n) is 3.25. The molecular formula is C8H12O2. The SMILES string of the molecule is C=CCCC=CCC(=O)O. The van der Waals surface area contributed by atoms with Gasteiger partial charge >= 0.3 is 5.97 Å². The van der Waals surface area contributed by atoms with E-state index in [4.69, 9.17) is 5.11 Å². The molecule has 1 N–H and O–H groups in total. The third-order valence-electron chi connectivity index (χ3n) is 0.997. The van der Waals surface area contributed by atoms with Gasteiger partial charge in [0.05, 0.1) is 6.42 Å². The molecule has 0 aromatic heterocycles. The van der Waals surface area contributed by atoms with Crippen molar-refractivity contribution in [3.8, 4) is 0 Å². The number of hydrogen-bond acceptors (Lipinski definition) is 1. The van der Waals surface area contributed by atoms with Crippen molar-refractivity contribution in [3.05, 3.63) is 24.8 Å². The van der Waals surface area contributed by atoms with Crippen LogP contribution >= 0.6 is 0 Å². The molecule has 0 amide bonds. The minimum absolute atomic E-state index is 0.122.